The third kappa shape index (κ3) is 5.63. The second-order valence-electron chi connectivity index (χ2n) is 4.43. The average Bonchev–Trinajstić information content (AvgIpc) is 2.40. The molecule has 0 spiro atoms. The Morgan fingerprint density at radius 2 is 1.89 bits per heavy atom. The van der Waals surface area contributed by atoms with E-state index in [9.17, 15) is 0 Å². The van der Waals surface area contributed by atoms with Crippen molar-refractivity contribution in [3.05, 3.63) is 35.4 Å². The number of hydrogen-bond donors (Lipinski definition) is 1. The van der Waals surface area contributed by atoms with Gasteiger partial charge in [-0.05, 0) is 31.3 Å². The van der Waals surface area contributed by atoms with Gasteiger partial charge in [0.25, 0.3) is 0 Å². The highest BCUT2D eigenvalue weighted by molar-refractivity contribution is 5.22. The van der Waals surface area contributed by atoms with Crippen LogP contribution in [0.4, 0.5) is 0 Å². The van der Waals surface area contributed by atoms with Gasteiger partial charge < -0.3 is 15.0 Å². The van der Waals surface area contributed by atoms with E-state index in [4.69, 9.17) is 4.74 Å². The van der Waals surface area contributed by atoms with Crippen molar-refractivity contribution in [3.63, 3.8) is 0 Å². The van der Waals surface area contributed by atoms with Crippen LogP contribution in [0.5, 0.6) is 0 Å². The maximum Gasteiger partial charge on any atom is 0.0717 e. The van der Waals surface area contributed by atoms with Gasteiger partial charge in [0.15, 0.2) is 0 Å². The molecular formula is C15H26N2O. The van der Waals surface area contributed by atoms with Gasteiger partial charge in [-0.25, -0.2) is 0 Å². The molecule has 0 aliphatic carbocycles. The average molecular weight is 250 g/mol. The van der Waals surface area contributed by atoms with E-state index < -0.39 is 0 Å². The molecule has 1 N–H and O–H groups in total. The van der Waals surface area contributed by atoms with Gasteiger partial charge in [0.1, 0.15) is 0 Å². The summed E-state index contributed by atoms with van der Waals surface area (Å²) in [6.45, 7) is 10.00. The summed E-state index contributed by atoms with van der Waals surface area (Å²) in [4.78, 5) is 2.37. The van der Waals surface area contributed by atoms with Crippen LogP contribution in [0.25, 0.3) is 0 Å². The number of nitrogens with one attached hydrogen (secondary N) is 1. The van der Waals surface area contributed by atoms with Gasteiger partial charge in [-0.2, -0.15) is 0 Å². The normalized spacial score (nSPS) is 11.1. The number of benzene rings is 1. The van der Waals surface area contributed by atoms with Gasteiger partial charge in [-0.15, -0.1) is 0 Å². The second-order valence-corrected chi connectivity index (χ2v) is 4.43. The molecule has 3 nitrogen and oxygen atoms in total. The first-order valence-corrected chi connectivity index (χ1v) is 6.82. The Morgan fingerprint density at radius 1 is 1.17 bits per heavy atom. The molecule has 0 fully saturated rings. The summed E-state index contributed by atoms with van der Waals surface area (Å²) in [5, 5.41) is 3.16. The fraction of sp³-hybridized carbons (Fsp3) is 0.600. The minimum atomic E-state index is 0.707. The molecule has 1 rings (SSSR count). The molecule has 0 heterocycles. The Balaban J connectivity index is 2.28. The SMILES string of the molecule is CCN(CC)CCOCc1cccc(CNC)c1. The maximum atomic E-state index is 5.72. The van der Waals surface area contributed by atoms with Crippen LogP contribution < -0.4 is 5.32 Å². The molecule has 0 saturated carbocycles. The van der Waals surface area contributed by atoms with Crippen LogP contribution in [0.1, 0.15) is 25.0 Å². The Hall–Kier alpha value is -0.900. The molecule has 102 valence electrons. The molecule has 1 aromatic rings. The first-order chi connectivity index (χ1) is 8.80. The van der Waals surface area contributed by atoms with Crippen LogP contribution in [-0.2, 0) is 17.9 Å². The van der Waals surface area contributed by atoms with E-state index in [1.165, 1.54) is 11.1 Å². The van der Waals surface area contributed by atoms with E-state index in [1.54, 1.807) is 0 Å². The lowest BCUT2D eigenvalue weighted by atomic mass is 10.1. The molecule has 0 bridgehead atoms. The summed E-state index contributed by atoms with van der Waals surface area (Å²) in [7, 11) is 1.97. The van der Waals surface area contributed by atoms with Gasteiger partial charge in [-0.1, -0.05) is 38.1 Å². The lowest BCUT2D eigenvalue weighted by Gasteiger charge is -2.17. The first-order valence-electron chi connectivity index (χ1n) is 6.82. The third-order valence-electron chi connectivity index (χ3n) is 3.09. The largest absolute Gasteiger partial charge is 0.375 e. The lowest BCUT2D eigenvalue weighted by Crippen LogP contribution is -2.26. The summed E-state index contributed by atoms with van der Waals surface area (Å²) in [5.74, 6) is 0. The molecule has 1 aromatic carbocycles. The molecule has 3 heteroatoms. The van der Waals surface area contributed by atoms with E-state index in [0.717, 1.165) is 32.8 Å². The van der Waals surface area contributed by atoms with Gasteiger partial charge >= 0.3 is 0 Å². The molecule has 0 aliphatic heterocycles. The van der Waals surface area contributed by atoms with E-state index in [-0.39, 0.29) is 0 Å². The summed E-state index contributed by atoms with van der Waals surface area (Å²) < 4.78 is 5.72. The molecule has 0 aliphatic rings. The van der Waals surface area contributed by atoms with E-state index in [2.05, 4.69) is 48.3 Å². The predicted molar refractivity (Wildman–Crippen MR) is 76.6 cm³/mol. The van der Waals surface area contributed by atoms with Crippen molar-refractivity contribution in [2.75, 3.05) is 33.3 Å². The molecule has 18 heavy (non-hydrogen) atoms. The number of rotatable bonds is 9. The topological polar surface area (TPSA) is 24.5 Å². The molecule has 0 aromatic heterocycles. The van der Waals surface area contributed by atoms with Crippen molar-refractivity contribution in [2.24, 2.45) is 0 Å². The Labute approximate surface area is 111 Å². The Bertz CT molecular complexity index is 324. The monoisotopic (exact) mass is 250 g/mol. The first kappa shape index (κ1) is 15.2. The zero-order chi connectivity index (χ0) is 13.2. The highest BCUT2D eigenvalue weighted by Crippen LogP contribution is 2.06. The predicted octanol–water partition coefficient (Wildman–Crippen LogP) is 2.26. The fourth-order valence-corrected chi connectivity index (χ4v) is 1.96. The number of hydrogen-bond acceptors (Lipinski definition) is 3. The van der Waals surface area contributed by atoms with Crippen LogP contribution in [0.2, 0.25) is 0 Å². The zero-order valence-corrected chi connectivity index (χ0v) is 11.9. The highest BCUT2D eigenvalue weighted by atomic mass is 16.5. The van der Waals surface area contributed by atoms with E-state index in [1.807, 2.05) is 7.05 Å². The molecular weight excluding hydrogens is 224 g/mol. The molecule has 0 atom stereocenters. The van der Waals surface area contributed by atoms with Crippen LogP contribution in [-0.4, -0.2) is 38.2 Å². The van der Waals surface area contributed by atoms with Crippen LogP contribution in [0.3, 0.4) is 0 Å². The van der Waals surface area contributed by atoms with Crippen LogP contribution in [0, 0.1) is 0 Å². The minimum absolute atomic E-state index is 0.707. The summed E-state index contributed by atoms with van der Waals surface area (Å²) in [6, 6.07) is 8.55. The molecule has 0 amide bonds. The lowest BCUT2D eigenvalue weighted by molar-refractivity contribution is 0.0956. The quantitative estimate of drug-likeness (QED) is 0.680. The van der Waals surface area contributed by atoms with Crippen LogP contribution >= 0.6 is 0 Å². The van der Waals surface area contributed by atoms with Crippen molar-refractivity contribution in [1.82, 2.24) is 10.2 Å². The zero-order valence-electron chi connectivity index (χ0n) is 11.9. The molecule has 0 saturated heterocycles. The van der Waals surface area contributed by atoms with Gasteiger partial charge in [0, 0.05) is 13.1 Å². The van der Waals surface area contributed by atoms with Crippen molar-refractivity contribution in [2.45, 2.75) is 27.0 Å². The van der Waals surface area contributed by atoms with Crippen molar-refractivity contribution in [1.29, 1.82) is 0 Å². The van der Waals surface area contributed by atoms with E-state index >= 15 is 0 Å². The standard InChI is InChI=1S/C15H26N2O/c1-4-17(5-2)9-10-18-13-15-8-6-7-14(11-15)12-16-3/h6-8,11,16H,4-5,9-10,12-13H2,1-3H3. The Kier molecular flexibility index (Phi) is 7.65. The van der Waals surface area contributed by atoms with Gasteiger partial charge in [0.2, 0.25) is 0 Å². The number of likely N-dealkylation sites (N-methyl/N-ethyl adjacent to an activating group) is 1. The summed E-state index contributed by atoms with van der Waals surface area (Å²) >= 11 is 0. The summed E-state index contributed by atoms with van der Waals surface area (Å²) in [5.41, 5.74) is 2.56. The van der Waals surface area contributed by atoms with Crippen molar-refractivity contribution < 1.29 is 4.74 Å². The van der Waals surface area contributed by atoms with Gasteiger partial charge in [0.05, 0.1) is 13.2 Å². The highest BCUT2D eigenvalue weighted by Gasteiger charge is 1.99. The number of ether oxygens (including phenoxy) is 1. The summed E-state index contributed by atoms with van der Waals surface area (Å²) in [6.07, 6.45) is 0. The maximum absolute atomic E-state index is 5.72. The third-order valence-corrected chi connectivity index (χ3v) is 3.09. The van der Waals surface area contributed by atoms with Crippen molar-refractivity contribution in [3.8, 4) is 0 Å². The Morgan fingerprint density at radius 3 is 2.56 bits per heavy atom. The number of nitrogens with zero attached hydrogens (tertiary/aromatic N) is 1. The van der Waals surface area contributed by atoms with Crippen molar-refractivity contribution >= 4 is 0 Å². The molecule has 0 unspecified atom stereocenters. The van der Waals surface area contributed by atoms with Gasteiger partial charge in [-0.3, -0.25) is 0 Å². The minimum Gasteiger partial charge on any atom is -0.375 e. The second kappa shape index (κ2) is 9.09. The van der Waals surface area contributed by atoms with E-state index in [0.29, 0.717) is 6.61 Å². The molecule has 0 radical (unpaired) electrons. The fourth-order valence-electron chi connectivity index (χ4n) is 1.96. The van der Waals surface area contributed by atoms with Crippen LogP contribution in [0.15, 0.2) is 24.3 Å². The smallest absolute Gasteiger partial charge is 0.0717 e.